The molecular weight excluding hydrogens is 280 g/mol. The SMILES string of the molecule is C/C=C1/[C@@H](C)CC2C3CCC(C(C)=O)C3(C)CC[C@@H]2C1(C)CC. The lowest BCUT2D eigenvalue weighted by Crippen LogP contribution is -2.51. The summed E-state index contributed by atoms with van der Waals surface area (Å²) in [7, 11) is 0. The van der Waals surface area contributed by atoms with Crippen molar-refractivity contribution in [3.63, 3.8) is 0 Å². The van der Waals surface area contributed by atoms with Gasteiger partial charge in [-0.15, -0.1) is 0 Å². The zero-order valence-electron chi connectivity index (χ0n) is 16.1. The summed E-state index contributed by atoms with van der Waals surface area (Å²) in [6, 6.07) is 0. The Labute approximate surface area is 143 Å². The molecule has 0 aromatic heterocycles. The molecule has 130 valence electrons. The van der Waals surface area contributed by atoms with E-state index in [1.807, 2.05) is 6.92 Å². The zero-order valence-corrected chi connectivity index (χ0v) is 16.1. The zero-order chi connectivity index (χ0) is 17.0. The van der Waals surface area contributed by atoms with E-state index < -0.39 is 0 Å². The van der Waals surface area contributed by atoms with Crippen LogP contribution in [0.2, 0.25) is 0 Å². The summed E-state index contributed by atoms with van der Waals surface area (Å²) in [4.78, 5) is 12.2. The first-order valence-electron chi connectivity index (χ1n) is 9.96. The summed E-state index contributed by atoms with van der Waals surface area (Å²) in [6.45, 7) is 13.9. The van der Waals surface area contributed by atoms with E-state index in [9.17, 15) is 4.79 Å². The van der Waals surface area contributed by atoms with Crippen LogP contribution in [0.25, 0.3) is 0 Å². The van der Waals surface area contributed by atoms with Gasteiger partial charge in [-0.05, 0) is 86.9 Å². The molecule has 3 aliphatic carbocycles. The highest BCUT2D eigenvalue weighted by molar-refractivity contribution is 5.79. The predicted molar refractivity (Wildman–Crippen MR) is 97.2 cm³/mol. The number of rotatable bonds is 2. The Morgan fingerprint density at radius 3 is 2.48 bits per heavy atom. The first-order valence-corrected chi connectivity index (χ1v) is 9.96. The third kappa shape index (κ3) is 2.29. The fourth-order valence-corrected chi connectivity index (χ4v) is 7.47. The minimum absolute atomic E-state index is 0.287. The van der Waals surface area contributed by atoms with Crippen LogP contribution in [0, 0.1) is 40.4 Å². The Kier molecular flexibility index (Phi) is 4.30. The van der Waals surface area contributed by atoms with Crippen molar-refractivity contribution in [2.75, 3.05) is 0 Å². The molecule has 3 saturated carbocycles. The van der Waals surface area contributed by atoms with E-state index in [1.165, 1.54) is 32.1 Å². The van der Waals surface area contributed by atoms with E-state index in [-0.39, 0.29) is 5.41 Å². The average Bonchev–Trinajstić information content (AvgIpc) is 2.85. The maximum atomic E-state index is 12.2. The van der Waals surface area contributed by atoms with Crippen LogP contribution in [0.15, 0.2) is 11.6 Å². The normalized spacial score (nSPS) is 51.4. The molecule has 0 radical (unpaired) electrons. The molecular formula is C22H36O. The minimum atomic E-state index is 0.287. The maximum absolute atomic E-state index is 12.2. The van der Waals surface area contributed by atoms with Gasteiger partial charge in [-0.1, -0.05) is 39.3 Å². The van der Waals surface area contributed by atoms with Crippen LogP contribution in [-0.2, 0) is 4.79 Å². The first-order chi connectivity index (χ1) is 10.8. The van der Waals surface area contributed by atoms with Crippen molar-refractivity contribution >= 4 is 5.78 Å². The fraction of sp³-hybridized carbons (Fsp3) is 0.864. The van der Waals surface area contributed by atoms with Gasteiger partial charge >= 0.3 is 0 Å². The van der Waals surface area contributed by atoms with Crippen molar-refractivity contribution in [3.8, 4) is 0 Å². The van der Waals surface area contributed by atoms with E-state index in [1.54, 1.807) is 5.57 Å². The van der Waals surface area contributed by atoms with Crippen molar-refractivity contribution < 1.29 is 4.79 Å². The number of fused-ring (bicyclic) bond motifs is 3. The number of carbonyl (C=O) groups excluding carboxylic acids is 1. The van der Waals surface area contributed by atoms with Gasteiger partial charge in [0.1, 0.15) is 5.78 Å². The summed E-state index contributed by atoms with van der Waals surface area (Å²) >= 11 is 0. The lowest BCUT2D eigenvalue weighted by atomic mass is 9.46. The van der Waals surface area contributed by atoms with Gasteiger partial charge in [-0.2, -0.15) is 0 Å². The fourth-order valence-electron chi connectivity index (χ4n) is 7.47. The number of Topliss-reactive ketones (excluding diaryl/α,β-unsaturated/α-hetero) is 1. The highest BCUT2D eigenvalue weighted by Crippen LogP contribution is 2.66. The molecule has 3 aliphatic rings. The van der Waals surface area contributed by atoms with Gasteiger partial charge in [0.2, 0.25) is 0 Å². The third-order valence-electron chi connectivity index (χ3n) is 8.61. The van der Waals surface area contributed by atoms with Gasteiger partial charge in [0.15, 0.2) is 0 Å². The molecule has 1 heteroatoms. The van der Waals surface area contributed by atoms with Crippen LogP contribution in [0.3, 0.4) is 0 Å². The van der Waals surface area contributed by atoms with Crippen LogP contribution in [0.1, 0.15) is 80.1 Å². The lowest BCUT2D eigenvalue weighted by Gasteiger charge is -2.58. The molecule has 0 aromatic rings. The molecule has 0 aromatic carbocycles. The van der Waals surface area contributed by atoms with Crippen LogP contribution < -0.4 is 0 Å². The molecule has 0 spiro atoms. The summed E-state index contributed by atoms with van der Waals surface area (Å²) < 4.78 is 0. The second kappa shape index (κ2) is 5.74. The molecule has 0 heterocycles. The third-order valence-corrected chi connectivity index (χ3v) is 8.61. The van der Waals surface area contributed by atoms with Crippen molar-refractivity contribution in [2.45, 2.75) is 80.1 Å². The predicted octanol–water partition coefficient (Wildman–Crippen LogP) is 6.04. The maximum Gasteiger partial charge on any atom is 0.133 e. The highest BCUT2D eigenvalue weighted by Gasteiger charge is 2.59. The van der Waals surface area contributed by atoms with Gasteiger partial charge in [-0.3, -0.25) is 4.79 Å². The quantitative estimate of drug-likeness (QED) is 0.568. The summed E-state index contributed by atoms with van der Waals surface area (Å²) in [5, 5.41) is 0. The second-order valence-electron chi connectivity index (χ2n) is 9.31. The van der Waals surface area contributed by atoms with E-state index in [2.05, 4.69) is 40.7 Å². The Hall–Kier alpha value is -0.590. The van der Waals surface area contributed by atoms with Gasteiger partial charge in [0, 0.05) is 5.92 Å². The van der Waals surface area contributed by atoms with E-state index in [4.69, 9.17) is 0 Å². The Morgan fingerprint density at radius 1 is 1.22 bits per heavy atom. The van der Waals surface area contributed by atoms with Crippen LogP contribution in [0.5, 0.6) is 0 Å². The van der Waals surface area contributed by atoms with Gasteiger partial charge < -0.3 is 0 Å². The lowest BCUT2D eigenvalue weighted by molar-refractivity contribution is -0.128. The van der Waals surface area contributed by atoms with Crippen LogP contribution >= 0.6 is 0 Å². The smallest absolute Gasteiger partial charge is 0.133 e. The number of hydrogen-bond acceptors (Lipinski definition) is 1. The Balaban J connectivity index is 1.97. The highest BCUT2D eigenvalue weighted by atomic mass is 16.1. The minimum Gasteiger partial charge on any atom is -0.300 e. The van der Waals surface area contributed by atoms with Crippen molar-refractivity contribution in [3.05, 3.63) is 11.6 Å². The average molecular weight is 317 g/mol. The molecule has 1 nitrogen and oxygen atoms in total. The van der Waals surface area contributed by atoms with E-state index >= 15 is 0 Å². The van der Waals surface area contributed by atoms with Crippen LogP contribution in [-0.4, -0.2) is 5.78 Å². The van der Waals surface area contributed by atoms with Crippen molar-refractivity contribution in [1.82, 2.24) is 0 Å². The van der Waals surface area contributed by atoms with Gasteiger partial charge in [0.25, 0.3) is 0 Å². The molecule has 0 N–H and O–H groups in total. The van der Waals surface area contributed by atoms with E-state index in [0.717, 1.165) is 24.2 Å². The Bertz CT molecular complexity index is 518. The summed E-state index contributed by atoms with van der Waals surface area (Å²) in [6.07, 6.45) is 10.1. The molecule has 0 aliphatic heterocycles. The van der Waals surface area contributed by atoms with Crippen molar-refractivity contribution in [1.29, 1.82) is 0 Å². The molecule has 0 bridgehead atoms. The standard InChI is InChI=1S/C22H36O/c1-7-17-14(3)13-16-19-10-9-18(15(4)23)22(19,6)12-11-20(16)21(17,5)8-2/h7,14,16,18-20H,8-13H2,1-6H3/b17-7-/t14-,16?,18?,19?,20-,21?,22?/m0/s1. The van der Waals surface area contributed by atoms with E-state index in [0.29, 0.717) is 23.0 Å². The monoisotopic (exact) mass is 316 g/mol. The molecule has 7 atom stereocenters. The van der Waals surface area contributed by atoms with Crippen LogP contribution in [0.4, 0.5) is 0 Å². The molecule has 3 fully saturated rings. The van der Waals surface area contributed by atoms with Gasteiger partial charge in [-0.25, -0.2) is 0 Å². The molecule has 0 saturated heterocycles. The molecule has 0 amide bonds. The largest absolute Gasteiger partial charge is 0.300 e. The molecule has 5 unspecified atom stereocenters. The van der Waals surface area contributed by atoms with Gasteiger partial charge in [0.05, 0.1) is 0 Å². The first kappa shape index (κ1) is 17.2. The number of allylic oxidation sites excluding steroid dienone is 2. The molecule has 23 heavy (non-hydrogen) atoms. The summed E-state index contributed by atoms with van der Waals surface area (Å²) in [5.41, 5.74) is 2.38. The Morgan fingerprint density at radius 2 is 1.91 bits per heavy atom. The topological polar surface area (TPSA) is 17.1 Å². The number of carbonyl (C=O) groups is 1. The molecule has 3 rings (SSSR count). The number of hydrogen-bond donors (Lipinski definition) is 0. The number of ketones is 1. The summed E-state index contributed by atoms with van der Waals surface area (Å²) in [5.74, 6) is 3.94. The van der Waals surface area contributed by atoms with Crippen molar-refractivity contribution in [2.24, 2.45) is 40.4 Å². The second-order valence-corrected chi connectivity index (χ2v) is 9.31.